The molecule has 26 heavy (non-hydrogen) atoms. The maximum Gasteiger partial charge on any atom is 0.257 e. The molecule has 2 aliphatic heterocycles. The highest BCUT2D eigenvalue weighted by Crippen LogP contribution is 2.34. The molecule has 2 amide bonds. The number of hydrogen-bond donors (Lipinski definition) is 0. The summed E-state index contributed by atoms with van der Waals surface area (Å²) in [5.41, 5.74) is 1.66. The van der Waals surface area contributed by atoms with Crippen molar-refractivity contribution in [1.29, 1.82) is 0 Å². The normalized spacial score (nSPS) is 22.2. The highest BCUT2D eigenvalue weighted by Gasteiger charge is 2.47. The smallest absolute Gasteiger partial charge is 0.257 e. The quantitative estimate of drug-likeness (QED) is 0.831. The third-order valence-electron chi connectivity index (χ3n) is 5.27. The number of fused-ring (bicyclic) bond motifs is 1. The second-order valence-electron chi connectivity index (χ2n) is 7.09. The number of amides is 2. The molecule has 2 atom stereocenters. The zero-order valence-corrected chi connectivity index (χ0v) is 15.6. The van der Waals surface area contributed by atoms with E-state index in [0.29, 0.717) is 31.7 Å². The van der Waals surface area contributed by atoms with Crippen molar-refractivity contribution >= 4 is 23.2 Å². The topological polar surface area (TPSA) is 53.5 Å². The van der Waals surface area contributed by atoms with Crippen molar-refractivity contribution in [2.75, 3.05) is 19.6 Å². The van der Waals surface area contributed by atoms with Gasteiger partial charge in [-0.15, -0.1) is 11.3 Å². The highest BCUT2D eigenvalue weighted by molar-refractivity contribution is 7.09. The summed E-state index contributed by atoms with van der Waals surface area (Å²) in [6.45, 7) is 5.69. The number of aromatic nitrogens is 1. The van der Waals surface area contributed by atoms with Crippen molar-refractivity contribution in [1.82, 2.24) is 14.8 Å². The van der Waals surface area contributed by atoms with E-state index in [1.165, 1.54) is 6.07 Å². The molecular formula is C19H20FN3O2S. The molecule has 0 saturated carbocycles. The van der Waals surface area contributed by atoms with Crippen LogP contribution in [0.1, 0.15) is 26.6 Å². The molecule has 0 N–H and O–H groups in total. The largest absolute Gasteiger partial charge is 0.337 e. The first kappa shape index (κ1) is 17.1. The van der Waals surface area contributed by atoms with Crippen LogP contribution in [0, 0.1) is 31.5 Å². The predicted molar refractivity (Wildman–Crippen MR) is 96.3 cm³/mol. The van der Waals surface area contributed by atoms with E-state index in [-0.39, 0.29) is 29.2 Å². The van der Waals surface area contributed by atoms with Crippen LogP contribution < -0.4 is 0 Å². The summed E-state index contributed by atoms with van der Waals surface area (Å²) >= 11 is 1.58. The van der Waals surface area contributed by atoms with Crippen LogP contribution in [0.25, 0.3) is 0 Å². The fraction of sp³-hybridized carbons (Fsp3) is 0.421. The molecule has 0 radical (unpaired) electrons. The highest BCUT2D eigenvalue weighted by atomic mass is 32.1. The molecule has 2 fully saturated rings. The van der Waals surface area contributed by atoms with Gasteiger partial charge >= 0.3 is 0 Å². The Kier molecular flexibility index (Phi) is 4.26. The first-order valence-corrected chi connectivity index (χ1v) is 9.56. The average Bonchev–Trinajstić information content (AvgIpc) is 3.26. The minimum Gasteiger partial charge on any atom is -0.337 e. The molecule has 3 heterocycles. The fourth-order valence-electron chi connectivity index (χ4n) is 3.99. The van der Waals surface area contributed by atoms with Crippen LogP contribution in [0.3, 0.4) is 0 Å². The third-order valence-corrected chi connectivity index (χ3v) is 6.09. The van der Waals surface area contributed by atoms with Gasteiger partial charge in [-0.2, -0.15) is 0 Å². The Morgan fingerprint density at radius 2 is 2.12 bits per heavy atom. The van der Waals surface area contributed by atoms with Crippen LogP contribution in [0.2, 0.25) is 0 Å². The van der Waals surface area contributed by atoms with Crippen LogP contribution >= 0.6 is 11.3 Å². The van der Waals surface area contributed by atoms with Crippen molar-refractivity contribution in [3.63, 3.8) is 0 Å². The Morgan fingerprint density at radius 1 is 1.31 bits per heavy atom. The van der Waals surface area contributed by atoms with Gasteiger partial charge in [-0.25, -0.2) is 9.37 Å². The minimum absolute atomic E-state index is 0.0706. The Morgan fingerprint density at radius 3 is 2.77 bits per heavy atom. The number of nitrogens with zero attached hydrogens (tertiary/aromatic N) is 3. The first-order chi connectivity index (χ1) is 12.4. The zero-order chi connectivity index (χ0) is 18.4. The minimum atomic E-state index is -0.501. The molecule has 5 nitrogen and oxygen atoms in total. The lowest BCUT2D eigenvalue weighted by Gasteiger charge is -2.22. The first-order valence-electron chi connectivity index (χ1n) is 8.68. The number of carbonyl (C=O) groups excluding carboxylic acids is 2. The fourth-order valence-corrected chi connectivity index (χ4v) is 4.59. The summed E-state index contributed by atoms with van der Waals surface area (Å²) in [4.78, 5) is 33.4. The van der Waals surface area contributed by atoms with Gasteiger partial charge in [0.15, 0.2) is 0 Å². The van der Waals surface area contributed by atoms with Gasteiger partial charge < -0.3 is 9.80 Å². The second kappa shape index (κ2) is 6.46. The average molecular weight is 373 g/mol. The van der Waals surface area contributed by atoms with E-state index >= 15 is 0 Å². The molecule has 0 bridgehead atoms. The van der Waals surface area contributed by atoms with Crippen molar-refractivity contribution in [2.45, 2.75) is 20.4 Å². The monoisotopic (exact) mass is 373 g/mol. The summed E-state index contributed by atoms with van der Waals surface area (Å²) in [5, 5.41) is 2.97. The Bertz CT molecular complexity index is 861. The molecule has 2 saturated heterocycles. The summed E-state index contributed by atoms with van der Waals surface area (Å²) < 4.78 is 14.1. The van der Waals surface area contributed by atoms with Crippen molar-refractivity contribution in [3.8, 4) is 0 Å². The molecule has 136 valence electrons. The van der Waals surface area contributed by atoms with Gasteiger partial charge in [0.1, 0.15) is 5.82 Å². The lowest BCUT2D eigenvalue weighted by Crippen LogP contribution is -2.36. The molecule has 0 unspecified atom stereocenters. The van der Waals surface area contributed by atoms with E-state index < -0.39 is 5.82 Å². The number of carbonyl (C=O) groups is 2. The van der Waals surface area contributed by atoms with Gasteiger partial charge in [0, 0.05) is 30.9 Å². The number of halogens is 1. The SMILES string of the molecule is Cc1nc(CN2C[C@@H]3CN(C(=O)c4c(C)cccc4F)C[C@@H]3C2=O)cs1. The molecule has 1 aromatic carbocycles. The van der Waals surface area contributed by atoms with Crippen molar-refractivity contribution in [3.05, 3.63) is 51.2 Å². The lowest BCUT2D eigenvalue weighted by atomic mass is 10.0. The molecule has 7 heteroatoms. The molecule has 4 rings (SSSR count). The molecule has 0 spiro atoms. The molecule has 0 aliphatic carbocycles. The van der Waals surface area contributed by atoms with Crippen LogP contribution in [0.15, 0.2) is 23.6 Å². The number of thiazole rings is 1. The van der Waals surface area contributed by atoms with Gasteiger partial charge in [-0.1, -0.05) is 12.1 Å². The van der Waals surface area contributed by atoms with E-state index in [0.717, 1.165) is 10.7 Å². The van der Waals surface area contributed by atoms with E-state index in [2.05, 4.69) is 4.98 Å². The number of benzene rings is 1. The summed E-state index contributed by atoms with van der Waals surface area (Å²) in [6.07, 6.45) is 0. The standard InChI is InChI=1S/C19H20FN3O2S/c1-11-4-3-5-16(20)17(11)19(25)23-7-13-6-22(18(24)15(13)9-23)8-14-10-26-12(2)21-14/h3-5,10,13,15H,6-9H2,1-2H3/t13-,15+/m1/s1. The molecule has 2 aliphatic rings. The molecule has 1 aromatic heterocycles. The number of likely N-dealkylation sites (tertiary alicyclic amines) is 2. The van der Waals surface area contributed by atoms with Crippen LogP contribution in [-0.2, 0) is 11.3 Å². The lowest BCUT2D eigenvalue weighted by molar-refractivity contribution is -0.131. The Balaban J connectivity index is 1.45. The Hall–Kier alpha value is -2.28. The molecular weight excluding hydrogens is 353 g/mol. The summed E-state index contributed by atoms with van der Waals surface area (Å²) in [7, 11) is 0. The van der Waals surface area contributed by atoms with Gasteiger partial charge in [-0.05, 0) is 25.5 Å². The van der Waals surface area contributed by atoms with Gasteiger partial charge in [0.25, 0.3) is 5.91 Å². The van der Waals surface area contributed by atoms with Gasteiger partial charge in [0.2, 0.25) is 5.91 Å². The van der Waals surface area contributed by atoms with E-state index in [4.69, 9.17) is 0 Å². The summed E-state index contributed by atoms with van der Waals surface area (Å²) in [5.74, 6) is -0.825. The van der Waals surface area contributed by atoms with E-state index in [1.54, 1.807) is 35.3 Å². The number of aryl methyl sites for hydroxylation is 2. The van der Waals surface area contributed by atoms with Gasteiger partial charge in [-0.3, -0.25) is 9.59 Å². The zero-order valence-electron chi connectivity index (χ0n) is 14.7. The van der Waals surface area contributed by atoms with Crippen molar-refractivity contribution in [2.24, 2.45) is 11.8 Å². The predicted octanol–water partition coefficient (Wildman–Crippen LogP) is 2.63. The van der Waals surface area contributed by atoms with Crippen LogP contribution in [-0.4, -0.2) is 46.2 Å². The number of hydrogen-bond acceptors (Lipinski definition) is 4. The van der Waals surface area contributed by atoms with Gasteiger partial charge in [0.05, 0.1) is 28.7 Å². The van der Waals surface area contributed by atoms with Crippen LogP contribution in [0.5, 0.6) is 0 Å². The van der Waals surface area contributed by atoms with E-state index in [9.17, 15) is 14.0 Å². The number of rotatable bonds is 3. The maximum atomic E-state index is 14.1. The second-order valence-corrected chi connectivity index (χ2v) is 8.15. The van der Waals surface area contributed by atoms with Crippen LogP contribution in [0.4, 0.5) is 4.39 Å². The Labute approximate surface area is 155 Å². The summed E-state index contributed by atoms with van der Waals surface area (Å²) in [6, 6.07) is 4.64. The van der Waals surface area contributed by atoms with Crippen molar-refractivity contribution < 1.29 is 14.0 Å². The maximum absolute atomic E-state index is 14.1. The molecule has 2 aromatic rings. The third kappa shape index (κ3) is 2.90. The van der Waals surface area contributed by atoms with E-state index in [1.807, 2.05) is 17.2 Å².